The van der Waals surface area contributed by atoms with E-state index in [0.29, 0.717) is 17.4 Å². The lowest BCUT2D eigenvalue weighted by atomic mass is 10.2. The smallest absolute Gasteiger partial charge is 0.222 e. The van der Waals surface area contributed by atoms with Gasteiger partial charge in [-0.05, 0) is 18.6 Å². The number of nitrogens with one attached hydrogen (secondary N) is 1. The second kappa shape index (κ2) is 5.23. The molecule has 1 aromatic carbocycles. The number of rotatable bonds is 3. The van der Waals surface area contributed by atoms with E-state index in [-0.39, 0.29) is 5.91 Å². The van der Waals surface area contributed by atoms with Gasteiger partial charge in [0, 0.05) is 23.7 Å². The van der Waals surface area contributed by atoms with Crippen LogP contribution in [-0.4, -0.2) is 15.7 Å². The minimum Gasteiger partial charge on any atom is -0.309 e. The first-order valence-electron chi connectivity index (χ1n) is 5.61. The van der Waals surface area contributed by atoms with Crippen LogP contribution in [0.2, 0.25) is 5.02 Å². The normalized spacial score (nSPS) is 10.4. The molecule has 1 amide bonds. The number of hydrogen-bond acceptors (Lipinski definition) is 2. The molecule has 0 aliphatic heterocycles. The molecule has 0 radical (unpaired) electrons. The Morgan fingerprint density at radius 1 is 1.44 bits per heavy atom. The van der Waals surface area contributed by atoms with Gasteiger partial charge in [0.05, 0.1) is 6.54 Å². The van der Waals surface area contributed by atoms with Crippen molar-refractivity contribution < 1.29 is 4.79 Å². The summed E-state index contributed by atoms with van der Waals surface area (Å²) in [5.41, 5.74) is 1.97. The van der Waals surface area contributed by atoms with Crippen LogP contribution < -0.4 is 5.32 Å². The minimum atomic E-state index is -0.127. The Kier molecular flexibility index (Phi) is 3.67. The number of hydrogen-bond donors (Lipinski definition) is 1. The highest BCUT2D eigenvalue weighted by molar-refractivity contribution is 6.31. The van der Waals surface area contributed by atoms with Crippen LogP contribution in [0.1, 0.15) is 18.2 Å². The van der Waals surface area contributed by atoms with Crippen LogP contribution in [0.5, 0.6) is 0 Å². The monoisotopic (exact) mass is 263 g/mol. The molecule has 4 nitrogen and oxygen atoms in total. The molecule has 0 bridgehead atoms. The summed E-state index contributed by atoms with van der Waals surface area (Å²) < 4.78 is 1.81. The topological polar surface area (TPSA) is 46.9 Å². The summed E-state index contributed by atoms with van der Waals surface area (Å²) in [6, 6.07) is 9.48. The van der Waals surface area contributed by atoms with E-state index in [1.807, 2.05) is 41.9 Å². The molecule has 2 rings (SSSR count). The highest BCUT2D eigenvalue weighted by atomic mass is 35.5. The molecule has 0 saturated carbocycles. The highest BCUT2D eigenvalue weighted by Gasteiger charge is 2.07. The molecular formula is C13H14ClN3O. The second-order valence-corrected chi connectivity index (χ2v) is 4.51. The number of aromatic nitrogens is 2. The number of nitrogens with zero attached hydrogens (tertiary/aromatic N) is 2. The molecule has 0 spiro atoms. The van der Waals surface area contributed by atoms with E-state index in [1.54, 1.807) is 0 Å². The molecule has 0 fully saturated rings. The summed E-state index contributed by atoms with van der Waals surface area (Å²) in [7, 11) is 0. The maximum absolute atomic E-state index is 11.0. The molecule has 1 aromatic heterocycles. The minimum absolute atomic E-state index is 0.127. The lowest BCUT2D eigenvalue weighted by Gasteiger charge is -2.06. The summed E-state index contributed by atoms with van der Waals surface area (Å²) >= 11 is 6.11. The van der Waals surface area contributed by atoms with Crippen molar-refractivity contribution in [1.82, 2.24) is 9.78 Å². The van der Waals surface area contributed by atoms with Crippen molar-refractivity contribution in [2.75, 3.05) is 5.32 Å². The number of benzene rings is 1. The third-order valence-corrected chi connectivity index (χ3v) is 2.93. The molecule has 1 N–H and O–H groups in total. The standard InChI is InChI=1S/C13H14ClN3O/c1-9-7-13(15-10(2)18)16-17(9)8-11-5-3-4-6-12(11)14/h3-7H,8H2,1-2H3,(H,15,16,18). The van der Waals surface area contributed by atoms with Crippen LogP contribution in [0.3, 0.4) is 0 Å². The van der Waals surface area contributed by atoms with Crippen molar-refractivity contribution in [3.63, 3.8) is 0 Å². The third-order valence-electron chi connectivity index (χ3n) is 2.56. The molecule has 18 heavy (non-hydrogen) atoms. The maximum Gasteiger partial charge on any atom is 0.222 e. The molecule has 0 atom stereocenters. The van der Waals surface area contributed by atoms with E-state index in [0.717, 1.165) is 11.3 Å². The fourth-order valence-electron chi connectivity index (χ4n) is 1.70. The third kappa shape index (κ3) is 2.90. The Morgan fingerprint density at radius 3 is 2.83 bits per heavy atom. The number of aryl methyl sites for hydroxylation is 1. The van der Waals surface area contributed by atoms with E-state index in [4.69, 9.17) is 11.6 Å². The molecule has 2 aromatic rings. The zero-order chi connectivity index (χ0) is 13.1. The lowest BCUT2D eigenvalue weighted by Crippen LogP contribution is -2.08. The Morgan fingerprint density at radius 2 is 2.17 bits per heavy atom. The lowest BCUT2D eigenvalue weighted by molar-refractivity contribution is -0.114. The van der Waals surface area contributed by atoms with Gasteiger partial charge in [0.25, 0.3) is 0 Å². The van der Waals surface area contributed by atoms with Gasteiger partial charge in [-0.1, -0.05) is 29.8 Å². The number of anilines is 1. The molecular weight excluding hydrogens is 250 g/mol. The predicted octanol–water partition coefficient (Wildman–Crippen LogP) is 2.85. The van der Waals surface area contributed by atoms with Gasteiger partial charge in [-0.25, -0.2) is 0 Å². The molecule has 0 aliphatic rings. The van der Waals surface area contributed by atoms with Gasteiger partial charge in [0.1, 0.15) is 0 Å². The van der Waals surface area contributed by atoms with Crippen molar-refractivity contribution in [3.8, 4) is 0 Å². The maximum atomic E-state index is 11.0. The van der Waals surface area contributed by atoms with Crippen LogP contribution >= 0.6 is 11.6 Å². The highest BCUT2D eigenvalue weighted by Crippen LogP contribution is 2.18. The van der Waals surface area contributed by atoms with E-state index in [2.05, 4.69) is 10.4 Å². The van der Waals surface area contributed by atoms with Crippen molar-refractivity contribution in [2.45, 2.75) is 20.4 Å². The summed E-state index contributed by atoms with van der Waals surface area (Å²) in [6.45, 7) is 3.99. The van der Waals surface area contributed by atoms with Crippen LogP contribution in [0.4, 0.5) is 5.82 Å². The quantitative estimate of drug-likeness (QED) is 0.926. The Hall–Kier alpha value is -1.81. The van der Waals surface area contributed by atoms with E-state index >= 15 is 0 Å². The largest absolute Gasteiger partial charge is 0.309 e. The number of amides is 1. The average molecular weight is 264 g/mol. The molecule has 5 heteroatoms. The van der Waals surface area contributed by atoms with E-state index in [9.17, 15) is 4.79 Å². The van der Waals surface area contributed by atoms with Crippen molar-refractivity contribution in [3.05, 3.63) is 46.6 Å². The summed E-state index contributed by atoms with van der Waals surface area (Å²) in [5, 5.41) is 7.69. The first kappa shape index (κ1) is 12.6. The van der Waals surface area contributed by atoms with Gasteiger partial charge in [-0.3, -0.25) is 9.48 Å². The first-order valence-corrected chi connectivity index (χ1v) is 5.99. The molecule has 0 unspecified atom stereocenters. The summed E-state index contributed by atoms with van der Waals surface area (Å²) in [6.07, 6.45) is 0. The number of halogens is 1. The summed E-state index contributed by atoms with van der Waals surface area (Å²) in [4.78, 5) is 11.0. The van der Waals surface area contributed by atoms with Crippen LogP contribution in [0.25, 0.3) is 0 Å². The zero-order valence-corrected chi connectivity index (χ0v) is 11.0. The average Bonchev–Trinajstić information content (AvgIpc) is 2.61. The summed E-state index contributed by atoms with van der Waals surface area (Å²) in [5.74, 6) is 0.435. The van der Waals surface area contributed by atoms with Gasteiger partial charge in [-0.2, -0.15) is 5.10 Å². The van der Waals surface area contributed by atoms with E-state index in [1.165, 1.54) is 6.92 Å². The van der Waals surface area contributed by atoms with Crippen molar-refractivity contribution >= 4 is 23.3 Å². The zero-order valence-electron chi connectivity index (χ0n) is 10.3. The van der Waals surface area contributed by atoms with Gasteiger partial charge in [0.2, 0.25) is 5.91 Å². The van der Waals surface area contributed by atoms with Crippen molar-refractivity contribution in [2.24, 2.45) is 0 Å². The fourth-order valence-corrected chi connectivity index (χ4v) is 1.90. The van der Waals surface area contributed by atoms with E-state index < -0.39 is 0 Å². The molecule has 0 aliphatic carbocycles. The SMILES string of the molecule is CC(=O)Nc1cc(C)n(Cc2ccccc2Cl)n1. The fraction of sp³-hybridized carbons (Fsp3) is 0.231. The number of carbonyl (C=O) groups excluding carboxylic acids is 1. The Bertz CT molecular complexity index is 577. The molecule has 0 saturated heterocycles. The van der Waals surface area contributed by atoms with Crippen LogP contribution in [0.15, 0.2) is 30.3 Å². The molecule has 1 heterocycles. The Balaban J connectivity index is 2.22. The second-order valence-electron chi connectivity index (χ2n) is 4.10. The first-order chi connectivity index (χ1) is 8.56. The van der Waals surface area contributed by atoms with Crippen LogP contribution in [-0.2, 0) is 11.3 Å². The van der Waals surface area contributed by atoms with Crippen molar-refractivity contribution in [1.29, 1.82) is 0 Å². The predicted molar refractivity (Wildman–Crippen MR) is 71.8 cm³/mol. The van der Waals surface area contributed by atoms with Crippen LogP contribution in [0, 0.1) is 6.92 Å². The number of carbonyl (C=O) groups is 1. The van der Waals surface area contributed by atoms with Gasteiger partial charge in [-0.15, -0.1) is 0 Å². The molecule has 94 valence electrons. The van der Waals surface area contributed by atoms with Gasteiger partial charge >= 0.3 is 0 Å². The van der Waals surface area contributed by atoms with Gasteiger partial charge in [0.15, 0.2) is 5.82 Å². The van der Waals surface area contributed by atoms with Gasteiger partial charge < -0.3 is 5.32 Å². The Labute approximate surface area is 111 Å².